The summed E-state index contributed by atoms with van der Waals surface area (Å²) < 4.78 is 69.4. The molecule has 34 heavy (non-hydrogen) atoms. The summed E-state index contributed by atoms with van der Waals surface area (Å²) in [6, 6.07) is 18.9. The van der Waals surface area contributed by atoms with Gasteiger partial charge in [0.25, 0.3) is 10.0 Å². The topological polar surface area (TPSA) is 90.0 Å². The van der Waals surface area contributed by atoms with Crippen molar-refractivity contribution in [2.45, 2.75) is 17.6 Å². The van der Waals surface area contributed by atoms with Gasteiger partial charge >= 0.3 is 6.18 Å². The number of aromatic nitrogens is 2. The zero-order chi connectivity index (χ0) is 24.5. The van der Waals surface area contributed by atoms with E-state index in [1.807, 2.05) is 30.3 Å². The zero-order valence-electron chi connectivity index (χ0n) is 17.4. The highest BCUT2D eigenvalue weighted by atomic mass is 35.5. The number of anilines is 2. The molecule has 0 aliphatic rings. The van der Waals surface area contributed by atoms with Crippen LogP contribution in [0.15, 0.2) is 83.8 Å². The lowest BCUT2D eigenvalue weighted by molar-refractivity contribution is -0.137. The molecule has 1 aromatic heterocycles. The van der Waals surface area contributed by atoms with E-state index in [0.717, 1.165) is 17.7 Å². The van der Waals surface area contributed by atoms with E-state index in [-0.39, 0.29) is 28.5 Å². The van der Waals surface area contributed by atoms with E-state index in [1.54, 1.807) is 6.07 Å². The van der Waals surface area contributed by atoms with E-state index in [4.69, 9.17) is 17.3 Å². The van der Waals surface area contributed by atoms with Crippen LogP contribution in [0.25, 0.3) is 11.3 Å². The molecule has 0 aliphatic carbocycles. The first-order chi connectivity index (χ1) is 16.0. The molecule has 0 fully saturated rings. The Balaban J connectivity index is 1.72. The smallest absolute Gasteiger partial charge is 0.384 e. The molecule has 0 amide bonds. The molecule has 0 unspecified atom stereocenters. The maximum absolute atomic E-state index is 13.4. The Hall–Kier alpha value is -3.50. The number of benzene rings is 3. The molecule has 0 saturated heterocycles. The fraction of sp³-hybridized carbons (Fsp3) is 0.0870. The van der Waals surface area contributed by atoms with Gasteiger partial charge in [-0.3, -0.25) is 4.72 Å². The Bertz CT molecular complexity index is 1420. The zero-order valence-corrected chi connectivity index (χ0v) is 19.0. The molecular formula is C23H18ClF3N4O2S. The van der Waals surface area contributed by atoms with Crippen LogP contribution in [0, 0.1) is 0 Å². The van der Waals surface area contributed by atoms with Crippen LogP contribution in [-0.2, 0) is 22.7 Å². The lowest BCUT2D eigenvalue weighted by atomic mass is 10.1. The normalized spacial score (nSPS) is 12.0. The average Bonchev–Trinajstić information content (AvgIpc) is 3.15. The van der Waals surface area contributed by atoms with E-state index < -0.39 is 21.8 Å². The van der Waals surface area contributed by atoms with Gasteiger partial charge in [-0.2, -0.15) is 18.3 Å². The molecule has 4 rings (SSSR count). The van der Waals surface area contributed by atoms with Gasteiger partial charge in [-0.05, 0) is 42.0 Å². The highest BCUT2D eigenvalue weighted by Crippen LogP contribution is 2.34. The predicted molar refractivity (Wildman–Crippen MR) is 125 cm³/mol. The minimum atomic E-state index is -4.66. The summed E-state index contributed by atoms with van der Waals surface area (Å²) in [5.74, 6) is 0.269. The average molecular weight is 507 g/mol. The highest BCUT2D eigenvalue weighted by molar-refractivity contribution is 7.92. The number of hydrogen-bond donors (Lipinski definition) is 2. The minimum Gasteiger partial charge on any atom is -0.384 e. The number of nitrogens with zero attached hydrogens (tertiary/aromatic N) is 2. The van der Waals surface area contributed by atoms with Gasteiger partial charge in [-0.25, -0.2) is 13.1 Å². The molecule has 3 N–H and O–H groups in total. The fourth-order valence-corrected chi connectivity index (χ4v) is 4.49. The quantitative estimate of drug-likeness (QED) is 0.353. The monoisotopic (exact) mass is 506 g/mol. The second-order valence-corrected chi connectivity index (χ2v) is 9.53. The Morgan fingerprint density at radius 3 is 2.29 bits per heavy atom. The summed E-state index contributed by atoms with van der Waals surface area (Å²) >= 11 is 5.81. The molecule has 0 aliphatic heterocycles. The van der Waals surface area contributed by atoms with Gasteiger partial charge in [0.1, 0.15) is 5.82 Å². The third-order valence-electron chi connectivity index (χ3n) is 5.01. The van der Waals surface area contributed by atoms with E-state index in [1.165, 1.54) is 35.0 Å². The molecule has 0 spiro atoms. The molecule has 176 valence electrons. The van der Waals surface area contributed by atoms with E-state index >= 15 is 0 Å². The maximum Gasteiger partial charge on any atom is 0.416 e. The van der Waals surface area contributed by atoms with Crippen LogP contribution in [-0.4, -0.2) is 18.2 Å². The largest absolute Gasteiger partial charge is 0.416 e. The van der Waals surface area contributed by atoms with Crippen LogP contribution in [0.5, 0.6) is 0 Å². The number of sulfonamides is 1. The third kappa shape index (κ3) is 5.18. The molecule has 1 heterocycles. The number of alkyl halides is 3. The number of nitrogens with two attached hydrogens (primary N) is 1. The van der Waals surface area contributed by atoms with E-state index in [9.17, 15) is 21.6 Å². The number of nitrogens with one attached hydrogen (secondary N) is 1. The van der Waals surface area contributed by atoms with Crippen molar-refractivity contribution >= 4 is 33.1 Å². The van der Waals surface area contributed by atoms with Crippen molar-refractivity contribution in [3.05, 3.63) is 95.0 Å². The van der Waals surface area contributed by atoms with Crippen LogP contribution in [0.2, 0.25) is 5.02 Å². The molecular weight excluding hydrogens is 489 g/mol. The Morgan fingerprint density at radius 1 is 0.971 bits per heavy atom. The first-order valence-corrected chi connectivity index (χ1v) is 11.8. The second-order valence-electron chi connectivity index (χ2n) is 7.41. The van der Waals surface area contributed by atoms with Crippen LogP contribution in [0.4, 0.5) is 24.7 Å². The van der Waals surface area contributed by atoms with Crippen molar-refractivity contribution in [1.82, 2.24) is 9.78 Å². The summed E-state index contributed by atoms with van der Waals surface area (Å²) in [5, 5.41) is 4.75. The van der Waals surface area contributed by atoms with Crippen molar-refractivity contribution in [3.8, 4) is 11.3 Å². The molecule has 6 nitrogen and oxygen atoms in total. The molecule has 4 aromatic rings. The number of rotatable bonds is 6. The van der Waals surface area contributed by atoms with E-state index in [0.29, 0.717) is 10.7 Å². The molecule has 0 radical (unpaired) electrons. The van der Waals surface area contributed by atoms with Crippen LogP contribution < -0.4 is 10.5 Å². The number of nitrogen functional groups attached to an aromatic ring is 1. The van der Waals surface area contributed by atoms with Crippen molar-refractivity contribution in [1.29, 1.82) is 0 Å². The summed E-state index contributed by atoms with van der Waals surface area (Å²) in [4.78, 5) is -0.148. The second kappa shape index (κ2) is 9.03. The van der Waals surface area contributed by atoms with Crippen molar-refractivity contribution in [3.63, 3.8) is 0 Å². The van der Waals surface area contributed by atoms with Gasteiger partial charge in [0.2, 0.25) is 0 Å². The lowest BCUT2D eigenvalue weighted by Gasteiger charge is -2.16. The van der Waals surface area contributed by atoms with Gasteiger partial charge in [-0.1, -0.05) is 48.0 Å². The van der Waals surface area contributed by atoms with Crippen molar-refractivity contribution in [2.24, 2.45) is 0 Å². The van der Waals surface area contributed by atoms with Crippen LogP contribution in [0.3, 0.4) is 0 Å². The molecule has 0 bridgehead atoms. The molecule has 0 saturated carbocycles. The van der Waals surface area contributed by atoms with E-state index in [2.05, 4.69) is 9.82 Å². The SMILES string of the molecule is Nc1cc(-c2ccccc2)nn1Cc1ccc(C(F)(F)F)cc1NS(=O)(=O)c1ccc(Cl)cc1. The van der Waals surface area contributed by atoms with Crippen LogP contribution >= 0.6 is 11.6 Å². The lowest BCUT2D eigenvalue weighted by Crippen LogP contribution is -2.17. The Kier molecular flexibility index (Phi) is 6.28. The predicted octanol–water partition coefficient (Wildman–Crippen LogP) is 5.65. The van der Waals surface area contributed by atoms with Gasteiger partial charge in [0, 0.05) is 16.7 Å². The van der Waals surface area contributed by atoms with Gasteiger partial charge in [0.05, 0.1) is 28.4 Å². The van der Waals surface area contributed by atoms with Gasteiger partial charge < -0.3 is 5.73 Å². The van der Waals surface area contributed by atoms with Gasteiger partial charge in [0.15, 0.2) is 0 Å². The Morgan fingerprint density at radius 2 is 1.65 bits per heavy atom. The Labute approximate surface area is 198 Å². The van der Waals surface area contributed by atoms with Gasteiger partial charge in [-0.15, -0.1) is 0 Å². The summed E-state index contributed by atoms with van der Waals surface area (Å²) in [6.07, 6.45) is -4.66. The highest BCUT2D eigenvalue weighted by Gasteiger charge is 2.31. The fourth-order valence-electron chi connectivity index (χ4n) is 3.27. The maximum atomic E-state index is 13.4. The molecule has 11 heteroatoms. The number of halogens is 4. The molecule has 0 atom stereocenters. The summed E-state index contributed by atoms with van der Waals surface area (Å²) in [7, 11) is -4.19. The standard InChI is InChI=1S/C23H18ClF3N4O2S/c24-18-8-10-19(11-9-18)34(32,33)30-21-12-17(23(25,26)27)7-6-16(21)14-31-22(28)13-20(29-31)15-4-2-1-3-5-15/h1-13,30H,14,28H2. The first-order valence-electron chi connectivity index (χ1n) is 9.90. The van der Waals surface area contributed by atoms with Crippen molar-refractivity contribution < 1.29 is 21.6 Å². The minimum absolute atomic E-state index is 0.0602. The summed E-state index contributed by atoms with van der Waals surface area (Å²) in [6.45, 7) is -0.0602. The van der Waals surface area contributed by atoms with Crippen molar-refractivity contribution in [2.75, 3.05) is 10.5 Å². The molecule has 3 aromatic carbocycles. The van der Waals surface area contributed by atoms with Crippen LogP contribution in [0.1, 0.15) is 11.1 Å². The number of hydrogen-bond acceptors (Lipinski definition) is 4. The first kappa shape index (κ1) is 23.7. The third-order valence-corrected chi connectivity index (χ3v) is 6.64. The summed E-state index contributed by atoms with van der Waals surface area (Å²) in [5.41, 5.74) is 6.48.